The molecule has 2 amide bonds. The Morgan fingerprint density at radius 3 is 2.17 bits per heavy atom. The van der Waals surface area contributed by atoms with E-state index < -0.39 is 0 Å². The fourth-order valence-corrected chi connectivity index (χ4v) is 2.41. The molecule has 23 heavy (non-hydrogen) atoms. The Bertz CT molecular complexity index is 529. The van der Waals surface area contributed by atoms with Crippen molar-refractivity contribution in [3.05, 3.63) is 29.8 Å². The van der Waals surface area contributed by atoms with Crippen LogP contribution in [-0.4, -0.2) is 29.3 Å². The third-order valence-corrected chi connectivity index (χ3v) is 4.14. The van der Waals surface area contributed by atoms with Gasteiger partial charge in [-0.3, -0.25) is 9.59 Å². The summed E-state index contributed by atoms with van der Waals surface area (Å²) in [6.45, 7) is 12.5. The Labute approximate surface area is 140 Å². The minimum absolute atomic E-state index is 0.0154. The van der Waals surface area contributed by atoms with Crippen LogP contribution in [0.3, 0.4) is 0 Å². The van der Waals surface area contributed by atoms with Gasteiger partial charge in [-0.25, -0.2) is 0 Å². The molecule has 0 spiro atoms. The molecule has 0 fully saturated rings. The van der Waals surface area contributed by atoms with Gasteiger partial charge in [-0.15, -0.1) is 0 Å². The van der Waals surface area contributed by atoms with Gasteiger partial charge in [0, 0.05) is 31.6 Å². The molecule has 0 aliphatic heterocycles. The lowest BCUT2D eigenvalue weighted by Crippen LogP contribution is -2.38. The third kappa shape index (κ3) is 6.05. The van der Waals surface area contributed by atoms with Crippen molar-refractivity contribution < 1.29 is 9.59 Å². The molecule has 4 nitrogen and oxygen atoms in total. The SMILES string of the molecule is CCC(C)N(CCC(=O)Nc1ccc(C(C)(C)C)cc1)C(C)=O. The van der Waals surface area contributed by atoms with Crippen LogP contribution in [0.5, 0.6) is 0 Å². The molecular weight excluding hydrogens is 288 g/mol. The maximum atomic E-state index is 12.1. The number of hydrogen-bond donors (Lipinski definition) is 1. The quantitative estimate of drug-likeness (QED) is 0.863. The highest BCUT2D eigenvalue weighted by Crippen LogP contribution is 2.23. The summed E-state index contributed by atoms with van der Waals surface area (Å²) in [5, 5.41) is 2.89. The van der Waals surface area contributed by atoms with Crippen molar-refractivity contribution >= 4 is 17.5 Å². The number of carbonyl (C=O) groups excluding carboxylic acids is 2. The van der Waals surface area contributed by atoms with Crippen LogP contribution in [0.1, 0.15) is 59.9 Å². The summed E-state index contributed by atoms with van der Waals surface area (Å²) in [6, 6.07) is 8.09. The Kier molecular flexibility index (Phi) is 6.79. The largest absolute Gasteiger partial charge is 0.340 e. The number of benzene rings is 1. The standard InChI is InChI=1S/C19H30N2O2/c1-7-14(2)21(15(3)22)13-12-18(23)20-17-10-8-16(9-11-17)19(4,5)6/h8-11,14H,7,12-13H2,1-6H3,(H,20,23). The van der Waals surface area contributed by atoms with Crippen LogP contribution in [0.4, 0.5) is 5.69 Å². The molecule has 1 aromatic carbocycles. The first-order valence-corrected chi connectivity index (χ1v) is 8.32. The summed E-state index contributed by atoms with van der Waals surface area (Å²) in [5.41, 5.74) is 2.12. The first kappa shape index (κ1) is 19.2. The van der Waals surface area contributed by atoms with E-state index in [2.05, 4.69) is 26.1 Å². The molecule has 0 aliphatic carbocycles. The van der Waals surface area contributed by atoms with Gasteiger partial charge in [0.1, 0.15) is 0 Å². The zero-order valence-corrected chi connectivity index (χ0v) is 15.3. The van der Waals surface area contributed by atoms with E-state index in [1.165, 1.54) is 5.56 Å². The second kappa shape index (κ2) is 8.14. The number of anilines is 1. The van der Waals surface area contributed by atoms with E-state index >= 15 is 0 Å². The van der Waals surface area contributed by atoms with E-state index in [0.717, 1.165) is 12.1 Å². The molecule has 0 bridgehead atoms. The molecule has 1 unspecified atom stereocenters. The molecule has 0 aromatic heterocycles. The molecule has 0 aliphatic rings. The van der Waals surface area contributed by atoms with Crippen LogP contribution in [0.25, 0.3) is 0 Å². The molecule has 0 saturated carbocycles. The summed E-state index contributed by atoms with van der Waals surface area (Å²) in [5.74, 6) is -0.0512. The molecule has 128 valence electrons. The van der Waals surface area contributed by atoms with Crippen molar-refractivity contribution in [3.8, 4) is 0 Å². The summed E-state index contributed by atoms with van der Waals surface area (Å²) >= 11 is 0. The smallest absolute Gasteiger partial charge is 0.226 e. The Morgan fingerprint density at radius 1 is 1.17 bits per heavy atom. The molecule has 0 heterocycles. The molecule has 0 radical (unpaired) electrons. The molecular formula is C19H30N2O2. The number of nitrogens with zero attached hydrogens (tertiary/aromatic N) is 1. The highest BCUT2D eigenvalue weighted by Gasteiger charge is 2.17. The predicted octanol–water partition coefficient (Wildman–Crippen LogP) is 3.96. The number of carbonyl (C=O) groups is 2. The van der Waals surface area contributed by atoms with Gasteiger partial charge in [-0.1, -0.05) is 39.8 Å². The molecule has 4 heteroatoms. The predicted molar refractivity (Wildman–Crippen MR) is 95.5 cm³/mol. The van der Waals surface area contributed by atoms with Gasteiger partial charge in [0.15, 0.2) is 0 Å². The van der Waals surface area contributed by atoms with Crippen LogP contribution in [0.2, 0.25) is 0 Å². The summed E-state index contributed by atoms with van der Waals surface area (Å²) in [4.78, 5) is 25.5. The van der Waals surface area contributed by atoms with Gasteiger partial charge >= 0.3 is 0 Å². The van der Waals surface area contributed by atoms with Crippen LogP contribution in [0, 0.1) is 0 Å². The van der Waals surface area contributed by atoms with Crippen molar-refractivity contribution in [2.45, 2.75) is 65.8 Å². The van der Waals surface area contributed by atoms with Gasteiger partial charge in [-0.05, 0) is 36.5 Å². The normalized spacial score (nSPS) is 12.6. The fourth-order valence-electron chi connectivity index (χ4n) is 2.41. The monoisotopic (exact) mass is 318 g/mol. The van der Waals surface area contributed by atoms with Crippen LogP contribution < -0.4 is 5.32 Å². The number of rotatable bonds is 6. The van der Waals surface area contributed by atoms with Crippen molar-refractivity contribution in [2.24, 2.45) is 0 Å². The second-order valence-corrected chi connectivity index (χ2v) is 7.10. The zero-order chi connectivity index (χ0) is 17.6. The zero-order valence-electron chi connectivity index (χ0n) is 15.3. The van der Waals surface area contributed by atoms with Crippen molar-refractivity contribution in [1.82, 2.24) is 4.90 Å². The van der Waals surface area contributed by atoms with Crippen LogP contribution in [-0.2, 0) is 15.0 Å². The van der Waals surface area contributed by atoms with Crippen LogP contribution in [0.15, 0.2) is 24.3 Å². The lowest BCUT2D eigenvalue weighted by Gasteiger charge is -2.27. The van der Waals surface area contributed by atoms with E-state index in [1.807, 2.05) is 38.1 Å². The third-order valence-electron chi connectivity index (χ3n) is 4.14. The number of amides is 2. The number of hydrogen-bond acceptors (Lipinski definition) is 2. The highest BCUT2D eigenvalue weighted by atomic mass is 16.2. The lowest BCUT2D eigenvalue weighted by atomic mass is 9.87. The Balaban J connectivity index is 2.58. The van der Waals surface area contributed by atoms with Gasteiger partial charge < -0.3 is 10.2 Å². The maximum absolute atomic E-state index is 12.1. The van der Waals surface area contributed by atoms with Gasteiger partial charge in [-0.2, -0.15) is 0 Å². The van der Waals surface area contributed by atoms with E-state index in [4.69, 9.17) is 0 Å². The van der Waals surface area contributed by atoms with Crippen LogP contribution >= 0.6 is 0 Å². The molecule has 1 aromatic rings. The Hall–Kier alpha value is -1.84. The first-order chi connectivity index (χ1) is 10.6. The minimum atomic E-state index is -0.0666. The Morgan fingerprint density at radius 2 is 1.74 bits per heavy atom. The summed E-state index contributed by atoms with van der Waals surface area (Å²) in [7, 11) is 0. The number of nitrogens with one attached hydrogen (secondary N) is 1. The summed E-state index contributed by atoms with van der Waals surface area (Å²) in [6.07, 6.45) is 1.19. The van der Waals surface area contributed by atoms with Gasteiger partial charge in [0.25, 0.3) is 0 Å². The van der Waals surface area contributed by atoms with Gasteiger partial charge in [0.2, 0.25) is 11.8 Å². The fraction of sp³-hybridized carbons (Fsp3) is 0.579. The van der Waals surface area contributed by atoms with Crippen molar-refractivity contribution in [2.75, 3.05) is 11.9 Å². The highest BCUT2D eigenvalue weighted by molar-refractivity contribution is 5.91. The molecule has 1 N–H and O–H groups in total. The maximum Gasteiger partial charge on any atom is 0.226 e. The first-order valence-electron chi connectivity index (χ1n) is 8.32. The average molecular weight is 318 g/mol. The van der Waals surface area contributed by atoms with E-state index in [-0.39, 0.29) is 23.3 Å². The molecule has 1 atom stereocenters. The lowest BCUT2D eigenvalue weighted by molar-refractivity contribution is -0.131. The van der Waals surface area contributed by atoms with E-state index in [9.17, 15) is 9.59 Å². The minimum Gasteiger partial charge on any atom is -0.340 e. The topological polar surface area (TPSA) is 49.4 Å². The second-order valence-electron chi connectivity index (χ2n) is 7.10. The average Bonchev–Trinajstić information content (AvgIpc) is 2.46. The molecule has 1 rings (SSSR count). The molecule has 0 saturated heterocycles. The van der Waals surface area contributed by atoms with E-state index in [1.54, 1.807) is 11.8 Å². The van der Waals surface area contributed by atoms with Crippen molar-refractivity contribution in [3.63, 3.8) is 0 Å². The van der Waals surface area contributed by atoms with E-state index in [0.29, 0.717) is 13.0 Å². The van der Waals surface area contributed by atoms with Gasteiger partial charge in [0.05, 0.1) is 0 Å². The summed E-state index contributed by atoms with van der Waals surface area (Å²) < 4.78 is 0. The van der Waals surface area contributed by atoms with Crippen molar-refractivity contribution in [1.29, 1.82) is 0 Å².